The number of rotatable bonds is 4. The van der Waals surface area contributed by atoms with Crippen LogP contribution in [-0.2, 0) is 9.84 Å². The minimum Gasteiger partial charge on any atom is -0.382 e. The standard InChI is InChI=1S/C10H9F6NO3S/c11-9(12,13)8(18)5-17-6-1-3-7(4-2-6)21(19,20)10(14,15)16/h1-4,8,17-18H,5H2. The first kappa shape index (κ1) is 17.6. The molecule has 2 N–H and O–H groups in total. The number of hydrogen-bond donors (Lipinski definition) is 2. The SMILES string of the molecule is O=S(=O)(c1ccc(NCC(O)C(F)(F)F)cc1)C(F)(F)F. The zero-order valence-electron chi connectivity index (χ0n) is 10.0. The highest BCUT2D eigenvalue weighted by Crippen LogP contribution is 2.30. The molecule has 1 rings (SSSR count). The molecule has 0 radical (unpaired) electrons. The molecular weight excluding hydrogens is 328 g/mol. The first-order valence-corrected chi connectivity index (χ1v) is 6.74. The monoisotopic (exact) mass is 337 g/mol. The molecule has 0 aliphatic carbocycles. The topological polar surface area (TPSA) is 66.4 Å². The van der Waals surface area contributed by atoms with E-state index in [1.165, 1.54) is 0 Å². The zero-order chi connectivity index (χ0) is 16.5. The fourth-order valence-electron chi connectivity index (χ4n) is 1.22. The molecule has 21 heavy (non-hydrogen) atoms. The lowest BCUT2D eigenvalue weighted by Crippen LogP contribution is -2.35. The predicted octanol–water partition coefficient (Wildman–Crippen LogP) is 2.32. The Morgan fingerprint density at radius 1 is 1.05 bits per heavy atom. The van der Waals surface area contributed by atoms with Gasteiger partial charge >= 0.3 is 11.7 Å². The zero-order valence-corrected chi connectivity index (χ0v) is 10.9. The van der Waals surface area contributed by atoms with Crippen LogP contribution in [0, 0.1) is 0 Å². The van der Waals surface area contributed by atoms with E-state index in [4.69, 9.17) is 5.11 Å². The smallest absolute Gasteiger partial charge is 0.382 e. The summed E-state index contributed by atoms with van der Waals surface area (Å²) >= 11 is 0. The van der Waals surface area contributed by atoms with Crippen molar-refractivity contribution in [3.05, 3.63) is 24.3 Å². The van der Waals surface area contributed by atoms with E-state index >= 15 is 0 Å². The van der Waals surface area contributed by atoms with Gasteiger partial charge in [-0.1, -0.05) is 0 Å². The van der Waals surface area contributed by atoms with Gasteiger partial charge in [0.1, 0.15) is 0 Å². The van der Waals surface area contributed by atoms with Gasteiger partial charge in [0, 0.05) is 12.2 Å². The number of alkyl halides is 6. The maximum atomic E-state index is 12.2. The number of aliphatic hydroxyl groups excluding tert-OH is 1. The van der Waals surface area contributed by atoms with Crippen LogP contribution >= 0.6 is 0 Å². The normalized spacial score (nSPS) is 14.8. The Labute approximate surface area is 115 Å². The molecular formula is C10H9F6NO3S. The van der Waals surface area contributed by atoms with Crippen LogP contribution in [0.4, 0.5) is 32.0 Å². The summed E-state index contributed by atoms with van der Waals surface area (Å²) < 4.78 is 94.8. The van der Waals surface area contributed by atoms with Gasteiger partial charge in [0.15, 0.2) is 6.10 Å². The van der Waals surface area contributed by atoms with Crippen LogP contribution < -0.4 is 5.32 Å². The minimum absolute atomic E-state index is 0.0700. The Bertz CT molecular complexity index is 578. The summed E-state index contributed by atoms with van der Waals surface area (Å²) in [5.74, 6) is 0. The highest BCUT2D eigenvalue weighted by atomic mass is 32.2. The van der Waals surface area contributed by atoms with E-state index in [1.54, 1.807) is 0 Å². The lowest BCUT2D eigenvalue weighted by molar-refractivity contribution is -0.198. The van der Waals surface area contributed by atoms with E-state index in [2.05, 4.69) is 5.32 Å². The van der Waals surface area contributed by atoms with E-state index in [-0.39, 0.29) is 5.69 Å². The lowest BCUT2D eigenvalue weighted by Gasteiger charge is -2.16. The molecule has 0 fully saturated rings. The maximum Gasteiger partial charge on any atom is 0.501 e. The van der Waals surface area contributed by atoms with Crippen LogP contribution in [0.3, 0.4) is 0 Å². The molecule has 0 heterocycles. The largest absolute Gasteiger partial charge is 0.501 e. The lowest BCUT2D eigenvalue weighted by atomic mass is 10.3. The minimum atomic E-state index is -5.50. The van der Waals surface area contributed by atoms with Gasteiger partial charge in [-0.15, -0.1) is 0 Å². The van der Waals surface area contributed by atoms with Crippen molar-refractivity contribution in [2.24, 2.45) is 0 Å². The summed E-state index contributed by atoms with van der Waals surface area (Å²) in [6.07, 6.45) is -7.50. The van der Waals surface area contributed by atoms with Crippen LogP contribution in [0.1, 0.15) is 0 Å². The number of halogens is 6. The number of hydrogen-bond acceptors (Lipinski definition) is 4. The van der Waals surface area contributed by atoms with Gasteiger partial charge in [-0.2, -0.15) is 26.3 Å². The molecule has 0 aliphatic rings. The number of anilines is 1. The first-order valence-electron chi connectivity index (χ1n) is 5.26. The average molecular weight is 337 g/mol. The van der Waals surface area contributed by atoms with E-state index in [0.29, 0.717) is 12.1 Å². The highest BCUT2D eigenvalue weighted by Gasteiger charge is 2.46. The molecule has 0 aliphatic heterocycles. The van der Waals surface area contributed by atoms with Gasteiger partial charge in [-0.3, -0.25) is 0 Å². The van der Waals surface area contributed by atoms with Gasteiger partial charge in [0.25, 0.3) is 9.84 Å². The second kappa shape index (κ2) is 5.72. The van der Waals surface area contributed by atoms with Crippen LogP contribution in [-0.4, -0.2) is 37.9 Å². The Morgan fingerprint density at radius 2 is 1.52 bits per heavy atom. The number of sulfone groups is 1. The third-order valence-corrected chi connectivity index (χ3v) is 3.85. The molecule has 0 amide bonds. The number of benzene rings is 1. The molecule has 0 aromatic heterocycles. The van der Waals surface area contributed by atoms with Crippen LogP contribution in [0.2, 0.25) is 0 Å². The first-order chi connectivity index (χ1) is 9.35. The Balaban J connectivity index is 2.81. The highest BCUT2D eigenvalue weighted by molar-refractivity contribution is 7.92. The third-order valence-electron chi connectivity index (χ3n) is 2.35. The summed E-state index contributed by atoms with van der Waals surface area (Å²) in [5.41, 5.74) is -5.53. The van der Waals surface area contributed by atoms with Crippen molar-refractivity contribution in [3.8, 4) is 0 Å². The van der Waals surface area contributed by atoms with Crippen molar-refractivity contribution in [3.63, 3.8) is 0 Å². The van der Waals surface area contributed by atoms with Crippen molar-refractivity contribution < 1.29 is 39.9 Å². The van der Waals surface area contributed by atoms with Crippen molar-refractivity contribution in [2.45, 2.75) is 22.7 Å². The Kier molecular flexibility index (Phi) is 4.78. The molecule has 0 saturated heterocycles. The van der Waals surface area contributed by atoms with E-state index in [0.717, 1.165) is 12.1 Å². The molecule has 1 aromatic carbocycles. The molecule has 4 nitrogen and oxygen atoms in total. The molecule has 1 aromatic rings. The van der Waals surface area contributed by atoms with Crippen LogP contribution in [0.25, 0.3) is 0 Å². The molecule has 1 unspecified atom stereocenters. The Hall–Kier alpha value is -1.49. The van der Waals surface area contributed by atoms with Crippen molar-refractivity contribution in [1.29, 1.82) is 0 Å². The molecule has 0 spiro atoms. The molecule has 1 atom stereocenters. The van der Waals surface area contributed by atoms with E-state index < -0.39 is 39.1 Å². The fourth-order valence-corrected chi connectivity index (χ4v) is 1.98. The molecule has 11 heteroatoms. The number of aliphatic hydroxyl groups is 1. The van der Waals surface area contributed by atoms with Crippen molar-refractivity contribution >= 4 is 15.5 Å². The third kappa shape index (κ3) is 4.24. The van der Waals surface area contributed by atoms with Gasteiger partial charge in [0.2, 0.25) is 0 Å². The van der Waals surface area contributed by atoms with E-state index in [1.807, 2.05) is 0 Å². The van der Waals surface area contributed by atoms with Gasteiger partial charge in [-0.05, 0) is 24.3 Å². The predicted molar refractivity (Wildman–Crippen MR) is 60.2 cm³/mol. The summed E-state index contributed by atoms with van der Waals surface area (Å²) in [6.45, 7) is -0.922. The van der Waals surface area contributed by atoms with Crippen LogP contribution in [0.15, 0.2) is 29.2 Å². The van der Waals surface area contributed by atoms with Crippen LogP contribution in [0.5, 0.6) is 0 Å². The second-order valence-electron chi connectivity index (χ2n) is 3.91. The quantitative estimate of drug-likeness (QED) is 0.828. The van der Waals surface area contributed by atoms with Gasteiger partial charge in [-0.25, -0.2) is 8.42 Å². The van der Waals surface area contributed by atoms with Crippen molar-refractivity contribution in [2.75, 3.05) is 11.9 Å². The fraction of sp³-hybridized carbons (Fsp3) is 0.400. The summed E-state index contributed by atoms with van der Waals surface area (Å²) in [4.78, 5) is -1.03. The van der Waals surface area contributed by atoms with Crippen molar-refractivity contribution in [1.82, 2.24) is 0 Å². The average Bonchev–Trinajstić information content (AvgIpc) is 2.33. The molecule has 0 bridgehead atoms. The molecule has 0 saturated carbocycles. The Morgan fingerprint density at radius 3 is 1.90 bits per heavy atom. The molecule has 120 valence electrons. The second-order valence-corrected chi connectivity index (χ2v) is 5.85. The van der Waals surface area contributed by atoms with Gasteiger partial charge in [0.05, 0.1) is 4.90 Å². The number of nitrogens with one attached hydrogen (secondary N) is 1. The maximum absolute atomic E-state index is 12.2. The summed E-state index contributed by atoms with van der Waals surface area (Å²) in [5, 5.41) is 10.8. The van der Waals surface area contributed by atoms with E-state index in [9.17, 15) is 34.8 Å². The summed E-state index contributed by atoms with van der Waals surface area (Å²) in [6, 6.07) is 2.93. The van der Waals surface area contributed by atoms with Gasteiger partial charge < -0.3 is 10.4 Å². The summed E-state index contributed by atoms with van der Waals surface area (Å²) in [7, 11) is -5.50.